The maximum Gasteiger partial charge on any atom is 0.248 e. The van der Waals surface area contributed by atoms with Gasteiger partial charge in [0.1, 0.15) is 11.6 Å². The van der Waals surface area contributed by atoms with Crippen LogP contribution in [0.4, 0.5) is 10.2 Å². The van der Waals surface area contributed by atoms with E-state index in [-0.39, 0.29) is 0 Å². The molecule has 1 amide bonds. The fourth-order valence-corrected chi connectivity index (χ4v) is 3.13. The van der Waals surface area contributed by atoms with Gasteiger partial charge in [0.05, 0.1) is 11.2 Å². The van der Waals surface area contributed by atoms with E-state index in [1.165, 1.54) is 18.4 Å². The number of carbonyl (C=O) groups is 1. The standard InChI is InChI=1S/C21H22FN5O/c1-14(17(22)7-3-12-23)21(10-4-11-21)25-19-9-8-18(26-27-19)15-5-2-6-16(13-15)20(24)28/h2-3,5-9,12-13H,1,4,10-11,23H2,(H2,24,28)(H,25,27)/b12-3-,17-7+. The number of nitrogens with zero attached hydrogens (tertiary/aromatic N) is 2. The SMILES string of the molecule is C=C(/C(F)=C\C=C/N)C1(Nc2ccc(-c3cccc(C(N)=O)c3)nn2)CCC1. The van der Waals surface area contributed by atoms with E-state index in [0.29, 0.717) is 22.6 Å². The van der Waals surface area contributed by atoms with Gasteiger partial charge in [-0.15, -0.1) is 10.2 Å². The number of benzene rings is 1. The first-order chi connectivity index (χ1) is 13.4. The first kappa shape index (κ1) is 19.3. The van der Waals surface area contributed by atoms with Crippen LogP contribution in [0.2, 0.25) is 0 Å². The van der Waals surface area contributed by atoms with Crippen molar-refractivity contribution in [2.24, 2.45) is 11.5 Å². The Balaban J connectivity index is 1.79. The summed E-state index contributed by atoms with van der Waals surface area (Å²) in [7, 11) is 0. The first-order valence-electron chi connectivity index (χ1n) is 8.91. The van der Waals surface area contributed by atoms with E-state index >= 15 is 0 Å². The third-order valence-electron chi connectivity index (χ3n) is 4.90. The Morgan fingerprint density at radius 1 is 1.25 bits per heavy atom. The summed E-state index contributed by atoms with van der Waals surface area (Å²) >= 11 is 0. The van der Waals surface area contributed by atoms with E-state index in [4.69, 9.17) is 11.5 Å². The minimum atomic E-state index is -0.578. The van der Waals surface area contributed by atoms with Gasteiger partial charge in [-0.2, -0.15) is 0 Å². The van der Waals surface area contributed by atoms with Gasteiger partial charge in [0.25, 0.3) is 0 Å². The van der Waals surface area contributed by atoms with E-state index < -0.39 is 17.3 Å². The van der Waals surface area contributed by atoms with Crippen molar-refractivity contribution in [2.75, 3.05) is 5.32 Å². The number of rotatable bonds is 7. The normalized spacial score (nSPS) is 15.8. The van der Waals surface area contributed by atoms with Crippen LogP contribution >= 0.6 is 0 Å². The predicted molar refractivity (Wildman–Crippen MR) is 108 cm³/mol. The molecule has 0 unspecified atom stereocenters. The monoisotopic (exact) mass is 379 g/mol. The Bertz CT molecular complexity index is 946. The number of anilines is 1. The number of hydrogen-bond acceptors (Lipinski definition) is 5. The maximum absolute atomic E-state index is 14.3. The lowest BCUT2D eigenvalue weighted by Crippen LogP contribution is -2.47. The largest absolute Gasteiger partial charge is 0.405 e. The van der Waals surface area contributed by atoms with Crippen molar-refractivity contribution in [1.82, 2.24) is 10.2 Å². The zero-order valence-corrected chi connectivity index (χ0v) is 15.4. The maximum atomic E-state index is 14.3. The van der Waals surface area contributed by atoms with Crippen LogP contribution in [0.1, 0.15) is 29.6 Å². The van der Waals surface area contributed by atoms with Crippen LogP contribution in [0.5, 0.6) is 0 Å². The number of primary amides is 1. The summed E-state index contributed by atoms with van der Waals surface area (Å²) in [6.45, 7) is 3.92. The van der Waals surface area contributed by atoms with Gasteiger partial charge < -0.3 is 16.8 Å². The number of nitrogens with one attached hydrogen (secondary N) is 1. The van der Waals surface area contributed by atoms with Gasteiger partial charge in [-0.05, 0) is 61.9 Å². The third-order valence-corrected chi connectivity index (χ3v) is 4.90. The summed E-state index contributed by atoms with van der Waals surface area (Å²) in [5.41, 5.74) is 12.1. The molecule has 1 saturated carbocycles. The second-order valence-corrected chi connectivity index (χ2v) is 6.69. The fraction of sp³-hybridized carbons (Fsp3) is 0.190. The van der Waals surface area contributed by atoms with Crippen molar-refractivity contribution in [3.8, 4) is 11.3 Å². The number of nitrogens with two attached hydrogens (primary N) is 2. The average molecular weight is 379 g/mol. The predicted octanol–water partition coefficient (Wildman–Crippen LogP) is 3.46. The molecule has 1 heterocycles. The second kappa shape index (κ2) is 8.04. The van der Waals surface area contributed by atoms with E-state index in [9.17, 15) is 9.18 Å². The molecule has 2 aromatic rings. The molecule has 0 aliphatic heterocycles. The number of halogens is 1. The number of amides is 1. The van der Waals surface area contributed by atoms with Crippen LogP contribution in [0.15, 0.2) is 72.7 Å². The van der Waals surface area contributed by atoms with E-state index in [1.807, 2.05) is 6.07 Å². The minimum Gasteiger partial charge on any atom is -0.405 e. The highest BCUT2D eigenvalue weighted by molar-refractivity contribution is 5.93. The molecular weight excluding hydrogens is 357 g/mol. The quantitative estimate of drug-likeness (QED) is 0.639. The highest BCUT2D eigenvalue weighted by Crippen LogP contribution is 2.43. The molecule has 28 heavy (non-hydrogen) atoms. The van der Waals surface area contributed by atoms with Gasteiger partial charge in [0, 0.05) is 16.7 Å². The Morgan fingerprint density at radius 2 is 2.04 bits per heavy atom. The highest BCUT2D eigenvalue weighted by Gasteiger charge is 2.41. The topological polar surface area (TPSA) is 107 Å². The molecule has 1 aromatic carbocycles. The molecule has 0 radical (unpaired) electrons. The van der Waals surface area contributed by atoms with Crippen molar-refractivity contribution in [1.29, 1.82) is 0 Å². The summed E-state index contributed by atoms with van der Waals surface area (Å²) < 4.78 is 14.3. The van der Waals surface area contributed by atoms with Crippen molar-refractivity contribution in [2.45, 2.75) is 24.8 Å². The summed E-state index contributed by atoms with van der Waals surface area (Å²) in [5.74, 6) is -0.391. The highest BCUT2D eigenvalue weighted by atomic mass is 19.1. The van der Waals surface area contributed by atoms with Gasteiger partial charge in [-0.1, -0.05) is 18.7 Å². The summed E-state index contributed by atoms with van der Waals surface area (Å²) in [6.07, 6.45) is 6.47. The van der Waals surface area contributed by atoms with Crippen molar-refractivity contribution in [3.63, 3.8) is 0 Å². The summed E-state index contributed by atoms with van der Waals surface area (Å²) in [4.78, 5) is 11.3. The van der Waals surface area contributed by atoms with Crippen LogP contribution in [-0.2, 0) is 0 Å². The zero-order valence-electron chi connectivity index (χ0n) is 15.4. The molecule has 5 N–H and O–H groups in total. The first-order valence-corrected chi connectivity index (χ1v) is 8.91. The number of hydrogen-bond donors (Lipinski definition) is 3. The lowest BCUT2D eigenvalue weighted by Gasteiger charge is -2.44. The molecule has 1 aliphatic carbocycles. The molecular formula is C21H22FN5O. The van der Waals surface area contributed by atoms with E-state index in [1.54, 1.807) is 30.3 Å². The van der Waals surface area contributed by atoms with Crippen LogP contribution in [0, 0.1) is 0 Å². The van der Waals surface area contributed by atoms with Crippen LogP contribution in [0.25, 0.3) is 11.3 Å². The zero-order chi connectivity index (χ0) is 20.1. The molecule has 0 atom stereocenters. The number of allylic oxidation sites excluding steroid dienone is 2. The Hall–Kier alpha value is -3.48. The number of aromatic nitrogens is 2. The molecule has 7 heteroatoms. The number of carbonyl (C=O) groups excluding carboxylic acids is 1. The Labute approximate surface area is 162 Å². The molecule has 6 nitrogen and oxygen atoms in total. The molecule has 1 fully saturated rings. The molecule has 0 bridgehead atoms. The van der Waals surface area contributed by atoms with Crippen LogP contribution in [0.3, 0.4) is 0 Å². The molecule has 0 spiro atoms. The van der Waals surface area contributed by atoms with Crippen molar-refractivity contribution >= 4 is 11.7 Å². The molecule has 1 aliphatic rings. The minimum absolute atomic E-state index is 0.372. The van der Waals surface area contributed by atoms with Crippen molar-refractivity contribution < 1.29 is 9.18 Å². The average Bonchev–Trinajstić information content (AvgIpc) is 2.69. The summed E-state index contributed by atoms with van der Waals surface area (Å²) in [5, 5.41) is 11.7. The van der Waals surface area contributed by atoms with E-state index in [0.717, 1.165) is 24.8 Å². The molecule has 0 saturated heterocycles. The molecule has 3 rings (SSSR count). The lowest BCUT2D eigenvalue weighted by atomic mass is 9.71. The third kappa shape index (κ3) is 3.93. The van der Waals surface area contributed by atoms with Crippen molar-refractivity contribution in [3.05, 3.63) is 78.3 Å². The second-order valence-electron chi connectivity index (χ2n) is 6.69. The Kier molecular flexibility index (Phi) is 5.54. The van der Waals surface area contributed by atoms with E-state index in [2.05, 4.69) is 22.1 Å². The summed E-state index contributed by atoms with van der Waals surface area (Å²) in [6, 6.07) is 10.4. The van der Waals surface area contributed by atoms with Crippen LogP contribution in [-0.4, -0.2) is 21.6 Å². The lowest BCUT2D eigenvalue weighted by molar-refractivity contribution is 0.100. The molecule has 144 valence electrons. The molecule has 1 aromatic heterocycles. The Morgan fingerprint density at radius 3 is 2.61 bits per heavy atom. The van der Waals surface area contributed by atoms with Gasteiger partial charge in [0.2, 0.25) is 5.91 Å². The van der Waals surface area contributed by atoms with Gasteiger partial charge in [0.15, 0.2) is 0 Å². The van der Waals surface area contributed by atoms with Gasteiger partial charge in [-0.3, -0.25) is 4.79 Å². The van der Waals surface area contributed by atoms with Crippen LogP contribution < -0.4 is 16.8 Å². The van der Waals surface area contributed by atoms with Gasteiger partial charge in [-0.25, -0.2) is 4.39 Å². The smallest absolute Gasteiger partial charge is 0.248 e. The van der Waals surface area contributed by atoms with Gasteiger partial charge >= 0.3 is 0 Å². The fourth-order valence-electron chi connectivity index (χ4n) is 3.13.